The van der Waals surface area contributed by atoms with Crippen molar-refractivity contribution in [2.45, 2.75) is 19.5 Å². The molecule has 1 unspecified atom stereocenters. The first-order chi connectivity index (χ1) is 13.1. The van der Waals surface area contributed by atoms with Crippen molar-refractivity contribution in [3.63, 3.8) is 0 Å². The Balaban J connectivity index is 1.67. The Bertz CT molecular complexity index is 868. The van der Waals surface area contributed by atoms with Crippen LogP contribution in [0.5, 0.6) is 0 Å². The number of urea groups is 1. The molecule has 1 atom stereocenters. The summed E-state index contributed by atoms with van der Waals surface area (Å²) in [5, 5.41) is 5.93. The summed E-state index contributed by atoms with van der Waals surface area (Å²) in [4.78, 5) is 18.6. The SMILES string of the molecule is CC(NC(=O)Nc1ccccc1N(C)Cc1ccccc1)c1ccncc1. The number of benzene rings is 2. The second-order valence-corrected chi connectivity index (χ2v) is 6.46. The number of pyridine rings is 1. The predicted molar refractivity (Wildman–Crippen MR) is 110 cm³/mol. The minimum Gasteiger partial charge on any atom is -0.369 e. The van der Waals surface area contributed by atoms with Gasteiger partial charge in [-0.3, -0.25) is 4.98 Å². The average Bonchev–Trinajstić information content (AvgIpc) is 2.69. The van der Waals surface area contributed by atoms with E-state index in [4.69, 9.17) is 0 Å². The van der Waals surface area contributed by atoms with Gasteiger partial charge in [-0.2, -0.15) is 0 Å². The molecule has 27 heavy (non-hydrogen) atoms. The second kappa shape index (κ2) is 8.85. The Labute approximate surface area is 160 Å². The lowest BCUT2D eigenvalue weighted by atomic mass is 10.1. The van der Waals surface area contributed by atoms with E-state index in [0.717, 1.165) is 23.5 Å². The summed E-state index contributed by atoms with van der Waals surface area (Å²) >= 11 is 0. The number of nitrogens with one attached hydrogen (secondary N) is 2. The van der Waals surface area contributed by atoms with Gasteiger partial charge in [0.25, 0.3) is 0 Å². The minimum absolute atomic E-state index is 0.109. The highest BCUT2D eigenvalue weighted by molar-refractivity contribution is 5.93. The summed E-state index contributed by atoms with van der Waals surface area (Å²) < 4.78 is 0. The van der Waals surface area contributed by atoms with Gasteiger partial charge in [-0.25, -0.2) is 4.79 Å². The highest BCUT2D eigenvalue weighted by atomic mass is 16.2. The molecule has 2 amide bonds. The lowest BCUT2D eigenvalue weighted by Crippen LogP contribution is -2.31. The van der Waals surface area contributed by atoms with Crippen LogP contribution in [0.3, 0.4) is 0 Å². The lowest BCUT2D eigenvalue weighted by molar-refractivity contribution is 0.249. The maximum absolute atomic E-state index is 12.5. The fourth-order valence-corrected chi connectivity index (χ4v) is 2.95. The third-order valence-corrected chi connectivity index (χ3v) is 4.38. The zero-order valence-electron chi connectivity index (χ0n) is 15.6. The first kappa shape index (κ1) is 18.5. The van der Waals surface area contributed by atoms with Crippen molar-refractivity contribution in [3.05, 3.63) is 90.3 Å². The first-order valence-electron chi connectivity index (χ1n) is 8.95. The molecule has 0 bridgehead atoms. The van der Waals surface area contributed by atoms with Crippen LogP contribution in [0.15, 0.2) is 79.1 Å². The van der Waals surface area contributed by atoms with Gasteiger partial charge < -0.3 is 15.5 Å². The van der Waals surface area contributed by atoms with Crippen LogP contribution < -0.4 is 15.5 Å². The summed E-state index contributed by atoms with van der Waals surface area (Å²) in [7, 11) is 2.02. The number of nitrogens with zero attached hydrogens (tertiary/aromatic N) is 2. The summed E-state index contributed by atoms with van der Waals surface area (Å²) in [5.41, 5.74) is 3.96. The average molecular weight is 360 g/mol. The summed E-state index contributed by atoms with van der Waals surface area (Å²) in [5.74, 6) is 0. The minimum atomic E-state index is -0.236. The van der Waals surface area contributed by atoms with E-state index in [-0.39, 0.29) is 12.1 Å². The van der Waals surface area contributed by atoms with E-state index in [9.17, 15) is 4.79 Å². The number of hydrogen-bond acceptors (Lipinski definition) is 3. The van der Waals surface area contributed by atoms with Crippen molar-refractivity contribution < 1.29 is 4.79 Å². The molecule has 2 N–H and O–H groups in total. The molecule has 0 aliphatic carbocycles. The Hall–Kier alpha value is -3.34. The standard InChI is InChI=1S/C22H24N4O/c1-17(19-12-14-23-15-13-19)24-22(27)25-20-10-6-7-11-21(20)26(2)16-18-8-4-3-5-9-18/h3-15,17H,16H2,1-2H3,(H2,24,25,27). The molecule has 138 valence electrons. The van der Waals surface area contributed by atoms with Crippen molar-refractivity contribution >= 4 is 17.4 Å². The molecule has 0 spiro atoms. The summed E-state index contributed by atoms with van der Waals surface area (Å²) in [6, 6.07) is 21.5. The lowest BCUT2D eigenvalue weighted by Gasteiger charge is -2.23. The fraction of sp³-hybridized carbons (Fsp3) is 0.182. The molecule has 0 fully saturated rings. The summed E-state index contributed by atoms with van der Waals surface area (Å²) in [6.07, 6.45) is 3.44. The third kappa shape index (κ3) is 5.07. The van der Waals surface area contributed by atoms with Crippen molar-refractivity contribution in [2.75, 3.05) is 17.3 Å². The largest absolute Gasteiger partial charge is 0.369 e. The van der Waals surface area contributed by atoms with Crippen LogP contribution in [-0.2, 0) is 6.54 Å². The molecule has 1 aromatic heterocycles. The van der Waals surface area contributed by atoms with Gasteiger partial charge in [-0.1, -0.05) is 42.5 Å². The summed E-state index contributed by atoms with van der Waals surface area (Å²) in [6.45, 7) is 2.71. The second-order valence-electron chi connectivity index (χ2n) is 6.46. The monoisotopic (exact) mass is 360 g/mol. The third-order valence-electron chi connectivity index (χ3n) is 4.38. The van der Waals surface area contributed by atoms with Gasteiger partial charge in [0.1, 0.15) is 0 Å². The molecule has 0 radical (unpaired) electrons. The van der Waals surface area contributed by atoms with Gasteiger partial charge in [0.2, 0.25) is 0 Å². The van der Waals surface area contributed by atoms with Crippen molar-refractivity contribution in [3.8, 4) is 0 Å². The van der Waals surface area contributed by atoms with E-state index < -0.39 is 0 Å². The van der Waals surface area contributed by atoms with E-state index in [2.05, 4.69) is 32.7 Å². The van der Waals surface area contributed by atoms with Gasteiger partial charge in [-0.15, -0.1) is 0 Å². The van der Waals surface area contributed by atoms with Gasteiger partial charge >= 0.3 is 6.03 Å². The number of amides is 2. The predicted octanol–water partition coefficient (Wildman–Crippen LogP) is 4.60. The number of carbonyl (C=O) groups is 1. The first-order valence-corrected chi connectivity index (χ1v) is 8.95. The van der Waals surface area contributed by atoms with E-state index >= 15 is 0 Å². The smallest absolute Gasteiger partial charge is 0.319 e. The number of rotatable bonds is 6. The van der Waals surface area contributed by atoms with Crippen LogP contribution in [0.25, 0.3) is 0 Å². The Morgan fingerprint density at radius 2 is 1.67 bits per heavy atom. The zero-order chi connectivity index (χ0) is 19.1. The molecule has 5 heteroatoms. The topological polar surface area (TPSA) is 57.3 Å². The van der Waals surface area contributed by atoms with Crippen molar-refractivity contribution in [1.82, 2.24) is 10.3 Å². The number of anilines is 2. The molecule has 0 saturated heterocycles. The van der Waals surface area contributed by atoms with Gasteiger partial charge in [0.05, 0.1) is 17.4 Å². The molecule has 0 saturated carbocycles. The van der Waals surface area contributed by atoms with E-state index in [1.54, 1.807) is 12.4 Å². The molecule has 3 rings (SSSR count). The van der Waals surface area contributed by atoms with Crippen LogP contribution >= 0.6 is 0 Å². The van der Waals surface area contributed by atoms with Crippen LogP contribution in [0.4, 0.5) is 16.2 Å². The normalized spacial score (nSPS) is 11.5. The molecule has 0 aliphatic rings. The maximum atomic E-state index is 12.5. The molecule has 3 aromatic rings. The Morgan fingerprint density at radius 1 is 1.00 bits per heavy atom. The van der Waals surface area contributed by atoms with Crippen LogP contribution in [0.1, 0.15) is 24.1 Å². The highest BCUT2D eigenvalue weighted by Gasteiger charge is 2.13. The molecule has 1 heterocycles. The van der Waals surface area contributed by atoms with Gasteiger partial charge in [0.15, 0.2) is 0 Å². The highest BCUT2D eigenvalue weighted by Crippen LogP contribution is 2.26. The maximum Gasteiger partial charge on any atom is 0.319 e. The zero-order valence-corrected chi connectivity index (χ0v) is 15.6. The molecular weight excluding hydrogens is 336 g/mol. The quantitative estimate of drug-likeness (QED) is 0.675. The Morgan fingerprint density at radius 3 is 2.41 bits per heavy atom. The van der Waals surface area contributed by atoms with Crippen LogP contribution in [0, 0.1) is 0 Å². The van der Waals surface area contributed by atoms with Crippen LogP contribution in [0.2, 0.25) is 0 Å². The van der Waals surface area contributed by atoms with Gasteiger partial charge in [0, 0.05) is 26.0 Å². The number of para-hydroxylation sites is 2. The molecular formula is C22H24N4O. The van der Waals surface area contributed by atoms with Crippen LogP contribution in [-0.4, -0.2) is 18.1 Å². The van der Waals surface area contributed by atoms with E-state index in [1.165, 1.54) is 5.56 Å². The number of aromatic nitrogens is 1. The van der Waals surface area contributed by atoms with E-state index in [0.29, 0.717) is 0 Å². The number of hydrogen-bond donors (Lipinski definition) is 2. The van der Waals surface area contributed by atoms with Gasteiger partial charge in [-0.05, 0) is 42.3 Å². The molecule has 0 aliphatic heterocycles. The fourth-order valence-electron chi connectivity index (χ4n) is 2.95. The molecule has 5 nitrogen and oxygen atoms in total. The molecule has 2 aromatic carbocycles. The Kier molecular flexibility index (Phi) is 6.05. The number of carbonyl (C=O) groups excluding carboxylic acids is 1. The van der Waals surface area contributed by atoms with Crippen molar-refractivity contribution in [1.29, 1.82) is 0 Å². The van der Waals surface area contributed by atoms with Crippen molar-refractivity contribution in [2.24, 2.45) is 0 Å². The van der Waals surface area contributed by atoms with E-state index in [1.807, 2.05) is 68.6 Å².